The summed E-state index contributed by atoms with van der Waals surface area (Å²) in [6.45, 7) is 6.53. The van der Waals surface area contributed by atoms with Crippen LogP contribution in [0, 0.1) is 5.92 Å². The van der Waals surface area contributed by atoms with E-state index in [-0.39, 0.29) is 18.3 Å². The van der Waals surface area contributed by atoms with E-state index in [2.05, 4.69) is 10.6 Å². The van der Waals surface area contributed by atoms with Gasteiger partial charge in [0, 0.05) is 18.7 Å². The Morgan fingerprint density at radius 3 is 2.92 bits per heavy atom. The number of nitrogens with one attached hydrogen (secondary N) is 2. The maximum absolute atomic E-state index is 12.0. The number of carbonyl (C=O) groups is 1. The summed E-state index contributed by atoms with van der Waals surface area (Å²) in [5, 5.41) is 6.31. The predicted molar refractivity (Wildman–Crippen MR) is 98.7 cm³/mol. The summed E-state index contributed by atoms with van der Waals surface area (Å²) in [5.41, 5.74) is 1.89. The molecule has 0 saturated carbocycles. The van der Waals surface area contributed by atoms with E-state index < -0.39 is 0 Å². The van der Waals surface area contributed by atoms with E-state index in [1.54, 1.807) is 0 Å². The van der Waals surface area contributed by atoms with Crippen LogP contribution in [-0.4, -0.2) is 38.8 Å². The second-order valence-corrected chi connectivity index (χ2v) is 5.90. The molecule has 0 radical (unpaired) electrons. The van der Waals surface area contributed by atoms with Gasteiger partial charge in [-0.15, -0.1) is 12.4 Å². The maximum atomic E-state index is 12.0. The molecule has 0 aromatic heterocycles. The molecule has 1 aliphatic heterocycles. The van der Waals surface area contributed by atoms with Crippen molar-refractivity contribution in [3.05, 3.63) is 29.8 Å². The van der Waals surface area contributed by atoms with Crippen LogP contribution in [0.3, 0.4) is 0 Å². The van der Waals surface area contributed by atoms with Gasteiger partial charge in [0.05, 0.1) is 19.8 Å². The standard InChI is InChI=1S/C18H28N2O3.ClH/c1-2-22-10-11-23-14-16-4-3-5-17(12-16)20-18(21)7-6-15-8-9-19-13-15;/h3-5,12,15,19H,2,6-11,13-14H2,1H3,(H,20,21);1H. The Balaban J connectivity index is 0.00000288. The highest BCUT2D eigenvalue weighted by atomic mass is 35.5. The molecule has 1 aliphatic rings. The van der Waals surface area contributed by atoms with Gasteiger partial charge in [-0.05, 0) is 56.5 Å². The highest BCUT2D eigenvalue weighted by molar-refractivity contribution is 5.90. The molecule has 1 aromatic carbocycles. The molecule has 0 bridgehead atoms. The predicted octanol–water partition coefficient (Wildman–Crippen LogP) is 2.99. The van der Waals surface area contributed by atoms with E-state index in [1.165, 1.54) is 6.42 Å². The minimum Gasteiger partial charge on any atom is -0.379 e. The van der Waals surface area contributed by atoms with Gasteiger partial charge in [-0.1, -0.05) is 12.1 Å². The molecular weight excluding hydrogens is 328 g/mol. The summed E-state index contributed by atoms with van der Waals surface area (Å²) < 4.78 is 10.8. The Morgan fingerprint density at radius 2 is 2.17 bits per heavy atom. The highest BCUT2D eigenvalue weighted by Gasteiger charge is 2.15. The van der Waals surface area contributed by atoms with E-state index in [0.717, 1.165) is 30.8 Å². The first-order chi connectivity index (χ1) is 11.3. The SMILES string of the molecule is CCOCCOCc1cccc(NC(=O)CCC2CCNC2)c1.Cl. The van der Waals surface area contributed by atoms with E-state index in [0.29, 0.717) is 38.8 Å². The molecule has 2 N–H and O–H groups in total. The number of benzene rings is 1. The van der Waals surface area contributed by atoms with Gasteiger partial charge in [-0.25, -0.2) is 0 Å². The van der Waals surface area contributed by atoms with Crippen LogP contribution < -0.4 is 10.6 Å². The Hall–Kier alpha value is -1.14. The zero-order valence-electron chi connectivity index (χ0n) is 14.4. The maximum Gasteiger partial charge on any atom is 0.224 e. The van der Waals surface area contributed by atoms with E-state index in [9.17, 15) is 4.79 Å². The summed E-state index contributed by atoms with van der Waals surface area (Å²) in [6.07, 6.45) is 2.72. The summed E-state index contributed by atoms with van der Waals surface area (Å²) >= 11 is 0. The van der Waals surface area contributed by atoms with Crippen molar-refractivity contribution in [3.8, 4) is 0 Å². The van der Waals surface area contributed by atoms with Gasteiger partial charge in [-0.2, -0.15) is 0 Å². The third-order valence-corrected chi connectivity index (χ3v) is 4.00. The lowest BCUT2D eigenvalue weighted by atomic mass is 10.0. The summed E-state index contributed by atoms with van der Waals surface area (Å²) in [6, 6.07) is 7.83. The summed E-state index contributed by atoms with van der Waals surface area (Å²) in [5.74, 6) is 0.733. The molecule has 1 amide bonds. The van der Waals surface area contributed by atoms with Gasteiger partial charge in [-0.3, -0.25) is 4.79 Å². The van der Waals surface area contributed by atoms with Gasteiger partial charge in [0.25, 0.3) is 0 Å². The zero-order chi connectivity index (χ0) is 16.3. The number of ether oxygens (including phenoxy) is 2. The van der Waals surface area contributed by atoms with Crippen LogP contribution in [0.1, 0.15) is 31.7 Å². The number of hydrogen-bond acceptors (Lipinski definition) is 4. The van der Waals surface area contributed by atoms with Crippen molar-refractivity contribution in [1.29, 1.82) is 0 Å². The first kappa shape index (κ1) is 20.9. The molecule has 2 rings (SSSR count). The van der Waals surface area contributed by atoms with Gasteiger partial charge in [0.1, 0.15) is 0 Å². The molecule has 1 aromatic rings. The summed E-state index contributed by atoms with van der Waals surface area (Å²) in [4.78, 5) is 12.0. The fraction of sp³-hybridized carbons (Fsp3) is 0.611. The number of carbonyl (C=O) groups excluding carboxylic acids is 1. The number of anilines is 1. The van der Waals surface area contributed by atoms with Crippen molar-refractivity contribution in [2.45, 2.75) is 32.8 Å². The second kappa shape index (κ2) is 12.3. The molecule has 5 nitrogen and oxygen atoms in total. The lowest BCUT2D eigenvalue weighted by Crippen LogP contribution is -2.15. The molecular formula is C18H29ClN2O3. The fourth-order valence-corrected chi connectivity index (χ4v) is 2.71. The third-order valence-electron chi connectivity index (χ3n) is 4.00. The van der Waals surface area contributed by atoms with Crippen LogP contribution in [0.4, 0.5) is 5.69 Å². The van der Waals surface area contributed by atoms with Crippen molar-refractivity contribution in [1.82, 2.24) is 5.32 Å². The lowest BCUT2D eigenvalue weighted by Gasteiger charge is -2.10. The van der Waals surface area contributed by atoms with Gasteiger partial charge >= 0.3 is 0 Å². The highest BCUT2D eigenvalue weighted by Crippen LogP contribution is 2.16. The molecule has 1 saturated heterocycles. The lowest BCUT2D eigenvalue weighted by molar-refractivity contribution is -0.116. The summed E-state index contributed by atoms with van der Waals surface area (Å²) in [7, 11) is 0. The van der Waals surface area contributed by atoms with E-state index in [1.807, 2.05) is 31.2 Å². The van der Waals surface area contributed by atoms with E-state index in [4.69, 9.17) is 9.47 Å². The molecule has 6 heteroatoms. The zero-order valence-corrected chi connectivity index (χ0v) is 15.2. The third kappa shape index (κ3) is 8.11. The van der Waals surface area contributed by atoms with Crippen LogP contribution in [-0.2, 0) is 20.9 Å². The molecule has 0 aliphatic carbocycles. The van der Waals surface area contributed by atoms with Crippen molar-refractivity contribution in [2.24, 2.45) is 5.92 Å². The Morgan fingerprint density at radius 1 is 1.33 bits per heavy atom. The minimum absolute atomic E-state index is 0. The molecule has 1 atom stereocenters. The van der Waals surface area contributed by atoms with Crippen LogP contribution in [0.2, 0.25) is 0 Å². The average molecular weight is 357 g/mol. The molecule has 0 spiro atoms. The second-order valence-electron chi connectivity index (χ2n) is 5.90. The number of halogens is 1. The Kier molecular flexibility index (Phi) is 10.7. The molecule has 1 heterocycles. The molecule has 1 unspecified atom stereocenters. The van der Waals surface area contributed by atoms with Crippen molar-refractivity contribution in [3.63, 3.8) is 0 Å². The number of rotatable bonds is 10. The van der Waals surface area contributed by atoms with Crippen LogP contribution in [0.15, 0.2) is 24.3 Å². The van der Waals surface area contributed by atoms with Crippen LogP contribution in [0.5, 0.6) is 0 Å². The quantitative estimate of drug-likeness (QED) is 0.633. The first-order valence-electron chi connectivity index (χ1n) is 8.53. The van der Waals surface area contributed by atoms with Crippen molar-refractivity contribution in [2.75, 3.05) is 38.2 Å². The van der Waals surface area contributed by atoms with E-state index >= 15 is 0 Å². The smallest absolute Gasteiger partial charge is 0.224 e. The largest absolute Gasteiger partial charge is 0.379 e. The van der Waals surface area contributed by atoms with Crippen molar-refractivity contribution < 1.29 is 14.3 Å². The van der Waals surface area contributed by atoms with Crippen LogP contribution >= 0.6 is 12.4 Å². The topological polar surface area (TPSA) is 59.6 Å². The molecule has 24 heavy (non-hydrogen) atoms. The average Bonchev–Trinajstić information content (AvgIpc) is 3.07. The van der Waals surface area contributed by atoms with Gasteiger partial charge in [0.15, 0.2) is 0 Å². The normalized spacial score (nSPS) is 16.6. The fourth-order valence-electron chi connectivity index (χ4n) is 2.71. The van der Waals surface area contributed by atoms with Crippen LogP contribution in [0.25, 0.3) is 0 Å². The minimum atomic E-state index is 0. The molecule has 1 fully saturated rings. The van der Waals surface area contributed by atoms with Gasteiger partial charge < -0.3 is 20.1 Å². The van der Waals surface area contributed by atoms with Crippen molar-refractivity contribution >= 4 is 24.0 Å². The number of amides is 1. The first-order valence-corrected chi connectivity index (χ1v) is 8.53. The molecule has 136 valence electrons. The Labute approximate surface area is 150 Å². The number of hydrogen-bond donors (Lipinski definition) is 2. The monoisotopic (exact) mass is 356 g/mol. The Bertz CT molecular complexity index is 479. The van der Waals surface area contributed by atoms with Gasteiger partial charge in [0.2, 0.25) is 5.91 Å².